The number of anilines is 1. The summed E-state index contributed by atoms with van der Waals surface area (Å²) in [5, 5.41) is 8.77. The van der Waals surface area contributed by atoms with Crippen LogP contribution in [0.25, 0.3) is 0 Å². The number of nitrogens with zero attached hydrogens (tertiary/aromatic N) is 4. The van der Waals surface area contributed by atoms with E-state index in [1.807, 2.05) is 18.3 Å². The Morgan fingerprint density at radius 2 is 1.85 bits per heavy atom. The van der Waals surface area contributed by atoms with Crippen molar-refractivity contribution in [3.05, 3.63) is 24.0 Å². The van der Waals surface area contributed by atoms with E-state index >= 15 is 0 Å². The number of rotatable bonds is 2. The molecule has 0 spiro atoms. The lowest BCUT2D eigenvalue weighted by Gasteiger charge is -2.45. The predicted octanol–water partition coefficient (Wildman–Crippen LogP) is 1.87. The van der Waals surface area contributed by atoms with Gasteiger partial charge in [0.25, 0.3) is 0 Å². The van der Waals surface area contributed by atoms with Gasteiger partial charge in [-0.25, -0.2) is 4.98 Å². The smallest absolute Gasteiger partial charge is 0.140 e. The van der Waals surface area contributed by atoms with Crippen LogP contribution in [0, 0.1) is 23.2 Å². The number of hydrogen-bond donors (Lipinski definition) is 0. The van der Waals surface area contributed by atoms with Crippen molar-refractivity contribution in [3.63, 3.8) is 0 Å². The van der Waals surface area contributed by atoms with Gasteiger partial charge in [-0.15, -0.1) is 0 Å². The van der Waals surface area contributed by atoms with Crippen LogP contribution in [-0.4, -0.2) is 42.1 Å². The minimum absolute atomic E-state index is 0.498. The van der Waals surface area contributed by atoms with Gasteiger partial charge in [-0.05, 0) is 36.8 Å². The van der Waals surface area contributed by atoms with Crippen molar-refractivity contribution in [2.45, 2.75) is 25.3 Å². The van der Waals surface area contributed by atoms with E-state index in [1.54, 1.807) is 0 Å². The summed E-state index contributed by atoms with van der Waals surface area (Å²) in [6, 6.07) is 6.62. The maximum atomic E-state index is 8.77. The van der Waals surface area contributed by atoms with Crippen molar-refractivity contribution in [3.8, 4) is 6.07 Å². The minimum Gasteiger partial charge on any atom is -0.367 e. The molecule has 20 heavy (non-hydrogen) atoms. The van der Waals surface area contributed by atoms with Gasteiger partial charge in [-0.2, -0.15) is 5.26 Å². The lowest BCUT2D eigenvalue weighted by atomic mass is 10.0. The largest absolute Gasteiger partial charge is 0.367 e. The highest BCUT2D eigenvalue weighted by Gasteiger charge is 2.42. The van der Waals surface area contributed by atoms with Crippen molar-refractivity contribution in [1.29, 1.82) is 5.26 Å². The molecule has 2 atom stereocenters. The van der Waals surface area contributed by atoms with Gasteiger partial charge in [0.1, 0.15) is 11.8 Å². The molecular formula is C16H20N4. The lowest BCUT2D eigenvalue weighted by Crippen LogP contribution is -2.59. The summed E-state index contributed by atoms with van der Waals surface area (Å²) < 4.78 is 0. The summed E-state index contributed by atoms with van der Waals surface area (Å²) in [5.74, 6) is 1.97. The fraction of sp³-hybridized carbons (Fsp3) is 0.625. The lowest BCUT2D eigenvalue weighted by molar-refractivity contribution is 0.190. The van der Waals surface area contributed by atoms with E-state index < -0.39 is 0 Å². The van der Waals surface area contributed by atoms with E-state index in [9.17, 15) is 0 Å². The third-order valence-corrected chi connectivity index (χ3v) is 5.36. The number of likely N-dealkylation sites (tertiary alicyclic amines) is 1. The minimum atomic E-state index is 0.498. The summed E-state index contributed by atoms with van der Waals surface area (Å²) >= 11 is 0. The zero-order chi connectivity index (χ0) is 13.5. The summed E-state index contributed by atoms with van der Waals surface area (Å²) in [4.78, 5) is 9.23. The number of nitriles is 1. The monoisotopic (exact) mass is 268 g/mol. The molecule has 1 aliphatic carbocycles. The normalized spacial score (nSPS) is 30.1. The zero-order valence-corrected chi connectivity index (χ0v) is 11.7. The van der Waals surface area contributed by atoms with E-state index in [4.69, 9.17) is 5.26 Å². The molecule has 0 bridgehead atoms. The number of fused-ring (bicyclic) bond motifs is 1. The molecule has 1 aromatic rings. The summed E-state index contributed by atoms with van der Waals surface area (Å²) in [6.45, 7) is 4.89. The molecule has 104 valence electrons. The highest BCUT2D eigenvalue weighted by Crippen LogP contribution is 2.39. The van der Waals surface area contributed by atoms with Crippen molar-refractivity contribution in [2.75, 3.05) is 31.1 Å². The maximum absolute atomic E-state index is 8.77. The van der Waals surface area contributed by atoms with Gasteiger partial charge in [0.15, 0.2) is 0 Å². The number of pyridine rings is 1. The second-order valence-electron chi connectivity index (χ2n) is 6.48. The Bertz CT molecular complexity index is 514. The zero-order valence-electron chi connectivity index (χ0n) is 11.7. The predicted molar refractivity (Wildman–Crippen MR) is 77.4 cm³/mol. The van der Waals surface area contributed by atoms with Crippen LogP contribution in [0.2, 0.25) is 0 Å². The van der Waals surface area contributed by atoms with E-state index in [0.717, 1.165) is 36.7 Å². The first-order valence-corrected chi connectivity index (χ1v) is 7.68. The van der Waals surface area contributed by atoms with Gasteiger partial charge >= 0.3 is 0 Å². The molecule has 0 aromatic carbocycles. The fourth-order valence-corrected chi connectivity index (χ4v) is 4.11. The molecule has 2 unspecified atom stereocenters. The molecule has 4 heteroatoms. The molecule has 2 aliphatic heterocycles. The first-order chi connectivity index (χ1) is 9.83. The van der Waals surface area contributed by atoms with E-state index in [0.29, 0.717) is 5.69 Å². The van der Waals surface area contributed by atoms with Crippen LogP contribution in [-0.2, 0) is 0 Å². The second-order valence-corrected chi connectivity index (χ2v) is 6.48. The average Bonchev–Trinajstić information content (AvgIpc) is 2.99. The quantitative estimate of drug-likeness (QED) is 0.821. The maximum Gasteiger partial charge on any atom is 0.140 e. The van der Waals surface area contributed by atoms with Crippen molar-refractivity contribution < 1.29 is 0 Å². The first-order valence-electron chi connectivity index (χ1n) is 7.68. The topological polar surface area (TPSA) is 43.2 Å². The van der Waals surface area contributed by atoms with Crippen LogP contribution in [0.5, 0.6) is 0 Å². The molecule has 3 aliphatic rings. The van der Waals surface area contributed by atoms with Gasteiger partial charge in [-0.1, -0.05) is 6.42 Å². The first kappa shape index (κ1) is 12.2. The van der Waals surface area contributed by atoms with Crippen LogP contribution in [0.1, 0.15) is 25.0 Å². The van der Waals surface area contributed by atoms with Gasteiger partial charge < -0.3 is 4.90 Å². The summed E-state index contributed by atoms with van der Waals surface area (Å²) in [5.41, 5.74) is 1.65. The Labute approximate surface area is 120 Å². The van der Waals surface area contributed by atoms with Gasteiger partial charge in [-0.3, -0.25) is 4.90 Å². The van der Waals surface area contributed by atoms with Gasteiger partial charge in [0.05, 0.1) is 11.9 Å². The third-order valence-electron chi connectivity index (χ3n) is 5.36. The molecule has 0 N–H and O–H groups in total. The Balaban J connectivity index is 1.34. The molecule has 3 fully saturated rings. The summed E-state index contributed by atoms with van der Waals surface area (Å²) in [6.07, 6.45) is 6.19. The molecule has 0 radical (unpaired) electrons. The number of hydrogen-bond acceptors (Lipinski definition) is 4. The summed E-state index contributed by atoms with van der Waals surface area (Å²) in [7, 11) is 0. The van der Waals surface area contributed by atoms with Crippen molar-refractivity contribution in [2.24, 2.45) is 11.8 Å². The van der Waals surface area contributed by atoms with Gasteiger partial charge in [0.2, 0.25) is 0 Å². The fourth-order valence-electron chi connectivity index (χ4n) is 4.11. The molecular weight excluding hydrogens is 248 g/mol. The molecule has 1 saturated carbocycles. The van der Waals surface area contributed by atoms with E-state index in [2.05, 4.69) is 20.9 Å². The Hall–Kier alpha value is -1.60. The highest BCUT2D eigenvalue weighted by atomic mass is 15.3. The standard InChI is InChI=1S/C16H20N4/c17-6-14-4-5-15(7-18-14)20-10-16(11-20)19-8-12-2-1-3-13(12)9-19/h4-5,7,12-13,16H,1-3,8-11H2. The Morgan fingerprint density at radius 1 is 1.10 bits per heavy atom. The molecule has 4 rings (SSSR count). The molecule has 1 aromatic heterocycles. The van der Waals surface area contributed by atoms with Crippen LogP contribution in [0.15, 0.2) is 18.3 Å². The Morgan fingerprint density at radius 3 is 2.45 bits per heavy atom. The molecule has 3 heterocycles. The van der Waals surface area contributed by atoms with Gasteiger partial charge in [0, 0.05) is 32.2 Å². The highest BCUT2D eigenvalue weighted by molar-refractivity contribution is 5.49. The third kappa shape index (κ3) is 1.97. The van der Waals surface area contributed by atoms with E-state index in [-0.39, 0.29) is 0 Å². The van der Waals surface area contributed by atoms with Crippen molar-refractivity contribution in [1.82, 2.24) is 9.88 Å². The Kier molecular flexibility index (Phi) is 2.89. The van der Waals surface area contributed by atoms with Crippen LogP contribution in [0.3, 0.4) is 0 Å². The van der Waals surface area contributed by atoms with E-state index in [1.165, 1.54) is 32.4 Å². The molecule has 4 nitrogen and oxygen atoms in total. The van der Waals surface area contributed by atoms with Crippen LogP contribution in [0.4, 0.5) is 5.69 Å². The van der Waals surface area contributed by atoms with Crippen LogP contribution < -0.4 is 4.90 Å². The number of aromatic nitrogens is 1. The second kappa shape index (κ2) is 4.75. The van der Waals surface area contributed by atoms with Crippen LogP contribution >= 0.6 is 0 Å². The molecule has 0 amide bonds. The van der Waals surface area contributed by atoms with Crippen molar-refractivity contribution >= 4 is 5.69 Å². The molecule has 2 saturated heterocycles. The average molecular weight is 268 g/mol. The SMILES string of the molecule is N#Cc1ccc(N2CC(N3CC4CCCC4C3)C2)cn1.